The number of rotatable bonds is 3. The molecule has 3 aromatic carbocycles. The molecule has 1 N–H and O–H groups in total. The highest BCUT2D eigenvalue weighted by Crippen LogP contribution is 2.40. The molecule has 0 saturated carbocycles. The molecule has 1 aliphatic heterocycles. The van der Waals surface area contributed by atoms with Crippen LogP contribution < -0.4 is 4.74 Å². The van der Waals surface area contributed by atoms with Crippen molar-refractivity contribution in [3.8, 4) is 5.75 Å². The third kappa shape index (κ3) is 3.03. The molecule has 1 amide bonds. The van der Waals surface area contributed by atoms with Gasteiger partial charge in [0.15, 0.2) is 0 Å². The van der Waals surface area contributed by atoms with Crippen LogP contribution in [0.2, 0.25) is 0 Å². The number of nitrogens with one attached hydrogen (secondary N) is 1. The first-order valence-electron chi connectivity index (χ1n) is 9.95. The van der Waals surface area contributed by atoms with Crippen LogP contribution in [0.3, 0.4) is 0 Å². The van der Waals surface area contributed by atoms with Crippen LogP contribution in [0.25, 0.3) is 10.9 Å². The number of aromatic nitrogens is 1. The summed E-state index contributed by atoms with van der Waals surface area (Å²) in [5.41, 5.74) is 4.67. The third-order valence-corrected chi connectivity index (χ3v) is 5.80. The molecule has 5 heteroatoms. The minimum absolute atomic E-state index is 0.0354. The fourth-order valence-electron chi connectivity index (χ4n) is 4.35. The minimum Gasteiger partial charge on any atom is -0.497 e. The van der Waals surface area contributed by atoms with E-state index in [1.807, 2.05) is 53.4 Å². The van der Waals surface area contributed by atoms with Gasteiger partial charge in [0.25, 0.3) is 5.91 Å². The highest BCUT2D eigenvalue weighted by Gasteiger charge is 2.35. The molecule has 0 unspecified atom stereocenters. The van der Waals surface area contributed by atoms with Gasteiger partial charge in [0.2, 0.25) is 0 Å². The molecule has 30 heavy (non-hydrogen) atoms. The number of hydrogen-bond donors (Lipinski definition) is 1. The molecule has 4 nitrogen and oxygen atoms in total. The molecule has 0 saturated heterocycles. The van der Waals surface area contributed by atoms with Crippen LogP contribution in [-0.2, 0) is 6.42 Å². The molecule has 0 radical (unpaired) electrons. The normalized spacial score (nSPS) is 15.8. The fraction of sp³-hybridized carbons (Fsp3) is 0.160. The molecule has 0 bridgehead atoms. The zero-order valence-electron chi connectivity index (χ0n) is 16.6. The lowest BCUT2D eigenvalue weighted by Gasteiger charge is -2.36. The van der Waals surface area contributed by atoms with Gasteiger partial charge in [-0.1, -0.05) is 30.3 Å². The molecule has 1 aromatic heterocycles. The molecule has 1 atom stereocenters. The number of halogens is 1. The van der Waals surface area contributed by atoms with Crippen molar-refractivity contribution in [1.29, 1.82) is 0 Å². The van der Waals surface area contributed by atoms with Crippen molar-refractivity contribution in [1.82, 2.24) is 9.88 Å². The lowest BCUT2D eigenvalue weighted by Crippen LogP contribution is -2.40. The number of carbonyl (C=O) groups is 1. The number of hydrogen-bond acceptors (Lipinski definition) is 2. The molecule has 1 aliphatic rings. The first kappa shape index (κ1) is 18.4. The SMILES string of the molecule is COc1ccc2[nH]c3c(c2c1)CCN(C(=O)c1ccccc1)[C@H]3c1ccc(F)cc1. The Kier molecular flexibility index (Phi) is 4.51. The molecule has 4 aromatic rings. The highest BCUT2D eigenvalue weighted by molar-refractivity contribution is 5.95. The van der Waals surface area contributed by atoms with E-state index in [-0.39, 0.29) is 17.8 Å². The van der Waals surface area contributed by atoms with Gasteiger partial charge in [-0.15, -0.1) is 0 Å². The number of nitrogens with zero attached hydrogens (tertiary/aromatic N) is 1. The van der Waals surface area contributed by atoms with Crippen molar-refractivity contribution in [3.05, 3.63) is 101 Å². The lowest BCUT2D eigenvalue weighted by atomic mass is 9.91. The Morgan fingerprint density at radius 3 is 2.57 bits per heavy atom. The summed E-state index contributed by atoms with van der Waals surface area (Å²) in [5, 5.41) is 1.10. The van der Waals surface area contributed by atoms with E-state index in [9.17, 15) is 9.18 Å². The van der Waals surface area contributed by atoms with Crippen molar-refractivity contribution in [3.63, 3.8) is 0 Å². The maximum absolute atomic E-state index is 13.6. The molecule has 0 aliphatic carbocycles. The largest absolute Gasteiger partial charge is 0.497 e. The Balaban J connectivity index is 1.67. The second-order valence-corrected chi connectivity index (χ2v) is 7.50. The van der Waals surface area contributed by atoms with Gasteiger partial charge in [-0.2, -0.15) is 0 Å². The van der Waals surface area contributed by atoms with Gasteiger partial charge >= 0.3 is 0 Å². The molecule has 150 valence electrons. The number of amides is 1. The molecule has 5 rings (SSSR count). The van der Waals surface area contributed by atoms with Crippen LogP contribution in [0.4, 0.5) is 4.39 Å². The Labute approximate surface area is 173 Å². The van der Waals surface area contributed by atoms with Gasteiger partial charge in [-0.3, -0.25) is 4.79 Å². The Bertz CT molecular complexity index is 1220. The van der Waals surface area contributed by atoms with E-state index in [2.05, 4.69) is 4.98 Å². The van der Waals surface area contributed by atoms with Gasteiger partial charge in [0.05, 0.1) is 13.2 Å². The molecule has 0 fully saturated rings. The molecular weight excluding hydrogens is 379 g/mol. The van der Waals surface area contributed by atoms with Crippen molar-refractivity contribution in [2.45, 2.75) is 12.5 Å². The van der Waals surface area contributed by atoms with Crippen LogP contribution >= 0.6 is 0 Å². The fourth-order valence-corrected chi connectivity index (χ4v) is 4.35. The predicted octanol–water partition coefficient (Wildman–Crippen LogP) is 5.10. The van der Waals surface area contributed by atoms with Gasteiger partial charge in [-0.25, -0.2) is 4.39 Å². The average Bonchev–Trinajstić information content (AvgIpc) is 3.17. The third-order valence-electron chi connectivity index (χ3n) is 5.80. The first-order chi connectivity index (χ1) is 14.7. The van der Waals surface area contributed by atoms with Gasteiger partial charge in [0, 0.05) is 28.7 Å². The Morgan fingerprint density at radius 1 is 1.07 bits per heavy atom. The zero-order valence-corrected chi connectivity index (χ0v) is 16.6. The smallest absolute Gasteiger partial charge is 0.254 e. The summed E-state index contributed by atoms with van der Waals surface area (Å²) >= 11 is 0. The number of H-pyrrole nitrogens is 1. The van der Waals surface area contributed by atoms with Crippen LogP contribution in [0.1, 0.15) is 33.2 Å². The standard InChI is InChI=1S/C25H21FN2O2/c1-30-19-11-12-22-21(15-19)20-13-14-28(25(29)17-5-3-2-4-6-17)24(23(20)27-22)16-7-9-18(26)10-8-16/h2-12,15,24,27H,13-14H2,1H3/t24-/m0/s1. The average molecular weight is 400 g/mol. The summed E-state index contributed by atoms with van der Waals surface area (Å²) in [4.78, 5) is 18.8. The van der Waals surface area contributed by atoms with Crippen molar-refractivity contribution in [2.24, 2.45) is 0 Å². The zero-order chi connectivity index (χ0) is 20.7. The first-order valence-corrected chi connectivity index (χ1v) is 9.95. The second kappa shape index (κ2) is 7.34. The summed E-state index contributed by atoms with van der Waals surface area (Å²) in [6.07, 6.45) is 0.735. The number of carbonyl (C=O) groups excluding carboxylic acids is 1. The number of ether oxygens (including phenoxy) is 1. The van der Waals surface area contributed by atoms with E-state index < -0.39 is 0 Å². The number of benzene rings is 3. The minimum atomic E-state index is -0.319. The highest BCUT2D eigenvalue weighted by atomic mass is 19.1. The molecular formula is C25H21FN2O2. The molecule has 0 spiro atoms. The van der Waals surface area contributed by atoms with Gasteiger partial charge in [0.1, 0.15) is 11.6 Å². The quantitative estimate of drug-likeness (QED) is 0.520. The van der Waals surface area contributed by atoms with Crippen LogP contribution in [0.5, 0.6) is 5.75 Å². The number of methoxy groups -OCH3 is 1. The van der Waals surface area contributed by atoms with Crippen LogP contribution in [0, 0.1) is 5.82 Å². The van der Waals surface area contributed by atoms with E-state index in [0.29, 0.717) is 12.1 Å². The van der Waals surface area contributed by atoms with Crippen LogP contribution in [0.15, 0.2) is 72.8 Å². The van der Waals surface area contributed by atoms with E-state index in [4.69, 9.17) is 4.74 Å². The van der Waals surface area contributed by atoms with Crippen LogP contribution in [-0.4, -0.2) is 29.4 Å². The summed E-state index contributed by atoms with van der Waals surface area (Å²) in [6.45, 7) is 0.576. The van der Waals surface area contributed by atoms with Gasteiger partial charge in [-0.05, 0) is 60.0 Å². The van der Waals surface area contributed by atoms with Crippen molar-refractivity contribution in [2.75, 3.05) is 13.7 Å². The van der Waals surface area contributed by atoms with E-state index in [1.54, 1.807) is 19.2 Å². The van der Waals surface area contributed by atoms with E-state index >= 15 is 0 Å². The van der Waals surface area contributed by atoms with E-state index in [1.165, 1.54) is 17.7 Å². The summed E-state index contributed by atoms with van der Waals surface area (Å²) in [5.74, 6) is 0.467. The second-order valence-electron chi connectivity index (χ2n) is 7.50. The number of aromatic amines is 1. The number of fused-ring (bicyclic) bond motifs is 3. The Morgan fingerprint density at radius 2 is 1.83 bits per heavy atom. The summed E-state index contributed by atoms with van der Waals surface area (Å²) in [7, 11) is 1.65. The van der Waals surface area contributed by atoms with Crippen molar-refractivity contribution < 1.29 is 13.9 Å². The van der Waals surface area contributed by atoms with E-state index in [0.717, 1.165) is 34.3 Å². The maximum Gasteiger partial charge on any atom is 0.254 e. The molecule has 2 heterocycles. The monoisotopic (exact) mass is 400 g/mol. The Hall–Kier alpha value is -3.60. The predicted molar refractivity (Wildman–Crippen MR) is 114 cm³/mol. The van der Waals surface area contributed by atoms with Crippen molar-refractivity contribution >= 4 is 16.8 Å². The van der Waals surface area contributed by atoms with Gasteiger partial charge < -0.3 is 14.6 Å². The summed E-state index contributed by atoms with van der Waals surface area (Å²) < 4.78 is 19.0. The topological polar surface area (TPSA) is 45.3 Å². The lowest BCUT2D eigenvalue weighted by molar-refractivity contribution is 0.0692. The summed E-state index contributed by atoms with van der Waals surface area (Å²) in [6, 6.07) is 21.3. The maximum atomic E-state index is 13.6.